The minimum Gasteiger partial charge on any atom is -0.508 e. The van der Waals surface area contributed by atoms with Crippen LogP contribution in [-0.4, -0.2) is 31.8 Å². The van der Waals surface area contributed by atoms with Crippen molar-refractivity contribution in [1.29, 1.82) is 0 Å². The average molecular weight is 507 g/mol. The lowest BCUT2D eigenvalue weighted by molar-refractivity contribution is 0.0834. The Hall–Kier alpha value is -3.87. The fourth-order valence-corrected chi connectivity index (χ4v) is 4.82. The molecule has 0 spiro atoms. The number of Topliss-reactive ketones (excluding diaryl/α,β-unsaturated/α-hetero) is 1. The number of benzene rings is 2. The Balaban J connectivity index is 1.87. The number of ketones is 1. The van der Waals surface area contributed by atoms with Gasteiger partial charge in [0, 0.05) is 17.7 Å². The second-order valence-corrected chi connectivity index (χ2v) is 10.7. The molecule has 4 N–H and O–H groups in total. The van der Waals surface area contributed by atoms with E-state index in [1.807, 2.05) is 46.8 Å². The molecule has 196 valence electrons. The van der Waals surface area contributed by atoms with Gasteiger partial charge in [-0.05, 0) is 65.5 Å². The largest absolute Gasteiger partial charge is 0.508 e. The van der Waals surface area contributed by atoms with Crippen molar-refractivity contribution in [1.82, 2.24) is 0 Å². The van der Waals surface area contributed by atoms with Gasteiger partial charge in [-0.2, -0.15) is 0 Å². The molecule has 0 bridgehead atoms. The molecule has 2 aliphatic heterocycles. The highest BCUT2D eigenvalue weighted by Gasteiger charge is 2.40. The molecule has 2 aromatic carbocycles. The highest BCUT2D eigenvalue weighted by atomic mass is 16.5. The third kappa shape index (κ3) is 5.03. The van der Waals surface area contributed by atoms with Crippen LogP contribution in [0.2, 0.25) is 0 Å². The van der Waals surface area contributed by atoms with Crippen molar-refractivity contribution >= 4 is 11.9 Å². The van der Waals surface area contributed by atoms with Crippen LogP contribution in [0.25, 0.3) is 6.08 Å². The lowest BCUT2D eigenvalue weighted by Gasteiger charge is -2.35. The quantitative estimate of drug-likeness (QED) is 0.331. The van der Waals surface area contributed by atoms with E-state index in [0.717, 1.165) is 24.1 Å². The van der Waals surface area contributed by atoms with Gasteiger partial charge in [-0.1, -0.05) is 23.8 Å². The van der Waals surface area contributed by atoms with Gasteiger partial charge >= 0.3 is 0 Å². The molecular formula is C30H34O7. The van der Waals surface area contributed by atoms with Crippen LogP contribution in [0.4, 0.5) is 0 Å². The third-order valence-electron chi connectivity index (χ3n) is 6.84. The first-order valence-corrected chi connectivity index (χ1v) is 12.3. The van der Waals surface area contributed by atoms with E-state index in [4.69, 9.17) is 9.47 Å². The van der Waals surface area contributed by atoms with Gasteiger partial charge in [0.15, 0.2) is 5.78 Å². The molecule has 2 atom stereocenters. The monoisotopic (exact) mass is 506 g/mol. The lowest BCUT2D eigenvalue weighted by atomic mass is 9.84. The first-order chi connectivity index (χ1) is 17.3. The smallest absolute Gasteiger partial charge is 0.174 e. The molecule has 0 amide bonds. The summed E-state index contributed by atoms with van der Waals surface area (Å²) in [6.07, 6.45) is 5.69. The number of ether oxygens (including phenoxy) is 2. The average Bonchev–Trinajstić information content (AvgIpc) is 2.76. The van der Waals surface area contributed by atoms with Gasteiger partial charge in [0.25, 0.3) is 0 Å². The van der Waals surface area contributed by atoms with Gasteiger partial charge in [0.05, 0.1) is 17.5 Å². The highest BCUT2D eigenvalue weighted by Crippen LogP contribution is 2.53. The molecule has 2 aliphatic rings. The molecule has 0 aromatic heterocycles. The summed E-state index contributed by atoms with van der Waals surface area (Å²) in [5.74, 6) is -1.12. The molecular weight excluding hydrogens is 472 g/mol. The van der Waals surface area contributed by atoms with E-state index < -0.39 is 29.0 Å². The molecule has 37 heavy (non-hydrogen) atoms. The second kappa shape index (κ2) is 9.54. The highest BCUT2D eigenvalue weighted by molar-refractivity contribution is 6.05. The number of allylic oxidation sites excluding steroid dienone is 3. The minimum atomic E-state index is -1.03. The summed E-state index contributed by atoms with van der Waals surface area (Å²) in [6.45, 7) is 13.9. The molecule has 4 rings (SSSR count). The molecule has 0 saturated carbocycles. The molecule has 0 aliphatic carbocycles. The van der Waals surface area contributed by atoms with Crippen LogP contribution in [0.3, 0.4) is 0 Å². The maximum atomic E-state index is 13.4. The number of phenolic OH excluding ortho intramolecular Hbond substituents is 4. The van der Waals surface area contributed by atoms with Crippen molar-refractivity contribution in [2.24, 2.45) is 5.92 Å². The summed E-state index contributed by atoms with van der Waals surface area (Å²) >= 11 is 0. The molecule has 0 fully saturated rings. The van der Waals surface area contributed by atoms with E-state index in [0.29, 0.717) is 23.3 Å². The van der Waals surface area contributed by atoms with Crippen LogP contribution in [0.15, 0.2) is 42.0 Å². The summed E-state index contributed by atoms with van der Waals surface area (Å²) < 4.78 is 12.5. The third-order valence-corrected chi connectivity index (χ3v) is 6.84. The number of carbonyl (C=O) groups excluding carboxylic acids is 1. The van der Waals surface area contributed by atoms with Crippen molar-refractivity contribution in [3.63, 3.8) is 0 Å². The first kappa shape index (κ1) is 26.2. The number of phenols is 4. The number of hydrogen-bond donors (Lipinski definition) is 4. The van der Waals surface area contributed by atoms with Crippen molar-refractivity contribution < 1.29 is 34.7 Å². The second-order valence-electron chi connectivity index (χ2n) is 10.7. The van der Waals surface area contributed by atoms with E-state index >= 15 is 0 Å². The van der Waals surface area contributed by atoms with Gasteiger partial charge in [-0.15, -0.1) is 0 Å². The Morgan fingerprint density at radius 3 is 2.38 bits per heavy atom. The van der Waals surface area contributed by atoms with Crippen molar-refractivity contribution in [2.45, 2.75) is 65.6 Å². The van der Waals surface area contributed by atoms with Crippen LogP contribution in [0, 0.1) is 5.92 Å². The van der Waals surface area contributed by atoms with Crippen molar-refractivity contribution in [3.05, 3.63) is 64.3 Å². The van der Waals surface area contributed by atoms with E-state index in [1.54, 1.807) is 0 Å². The first-order valence-electron chi connectivity index (χ1n) is 12.3. The van der Waals surface area contributed by atoms with Crippen molar-refractivity contribution in [3.8, 4) is 34.5 Å². The Labute approximate surface area is 217 Å². The SMILES string of the molecule is C=C(C)[C@@H](CC=C(C)C)Cc1c(O)c2c(c3c1OC(C)(C)C=C3)O[C@H](c1c(O)cc(O)cc1O)CC2=O. The Bertz CT molecular complexity index is 1320. The lowest BCUT2D eigenvalue weighted by Crippen LogP contribution is -2.30. The maximum absolute atomic E-state index is 13.4. The zero-order valence-electron chi connectivity index (χ0n) is 21.9. The number of aromatic hydroxyl groups is 4. The topological polar surface area (TPSA) is 116 Å². The zero-order valence-corrected chi connectivity index (χ0v) is 21.9. The van der Waals surface area contributed by atoms with E-state index in [1.165, 1.54) is 5.57 Å². The molecule has 0 radical (unpaired) electrons. The minimum absolute atomic E-state index is 0.0128. The maximum Gasteiger partial charge on any atom is 0.174 e. The summed E-state index contributed by atoms with van der Waals surface area (Å²) in [5.41, 5.74) is 2.55. The zero-order chi connectivity index (χ0) is 27.2. The van der Waals surface area contributed by atoms with Crippen LogP contribution in [0.1, 0.15) is 80.6 Å². The summed E-state index contributed by atoms with van der Waals surface area (Å²) in [7, 11) is 0. The van der Waals surface area contributed by atoms with Gasteiger partial charge in [-0.25, -0.2) is 0 Å². The summed E-state index contributed by atoms with van der Waals surface area (Å²) in [6, 6.07) is 2.15. The molecule has 7 nitrogen and oxygen atoms in total. The predicted octanol–water partition coefficient (Wildman–Crippen LogP) is 6.49. The Kier molecular flexibility index (Phi) is 6.76. The van der Waals surface area contributed by atoms with Crippen LogP contribution < -0.4 is 9.47 Å². The van der Waals surface area contributed by atoms with Gasteiger partial charge in [-0.3, -0.25) is 4.79 Å². The van der Waals surface area contributed by atoms with Crippen LogP contribution in [0.5, 0.6) is 34.5 Å². The number of carbonyl (C=O) groups is 1. The number of fused-ring (bicyclic) bond motifs is 3. The molecule has 0 saturated heterocycles. The summed E-state index contributed by atoms with van der Waals surface area (Å²) in [4.78, 5) is 13.4. The fourth-order valence-electron chi connectivity index (χ4n) is 4.82. The Morgan fingerprint density at radius 1 is 1.14 bits per heavy atom. The standard InChI is InChI=1S/C30H34O7/c1-15(2)7-8-17(16(3)4)11-20-27(35)26-23(34)14-24(25-21(32)12-18(31)13-22(25)33)36-29(26)19-9-10-30(5,6)37-28(19)20/h7,9-10,12-13,17,24,31-33,35H,3,8,11,14H2,1-2,4-6H3/t17-,24-/m0/s1. The van der Waals surface area contributed by atoms with Crippen molar-refractivity contribution in [2.75, 3.05) is 0 Å². The van der Waals surface area contributed by atoms with Gasteiger partial charge in [0.2, 0.25) is 0 Å². The molecule has 2 heterocycles. The summed E-state index contributed by atoms with van der Waals surface area (Å²) in [5, 5.41) is 41.9. The molecule has 2 aromatic rings. The van der Waals surface area contributed by atoms with Gasteiger partial charge in [0.1, 0.15) is 51.8 Å². The van der Waals surface area contributed by atoms with E-state index in [9.17, 15) is 25.2 Å². The normalized spacial score (nSPS) is 18.2. The molecule has 7 heteroatoms. The van der Waals surface area contributed by atoms with Crippen LogP contribution >= 0.6 is 0 Å². The number of rotatable bonds is 6. The van der Waals surface area contributed by atoms with Gasteiger partial charge < -0.3 is 29.9 Å². The van der Waals surface area contributed by atoms with E-state index in [2.05, 4.69) is 12.7 Å². The predicted molar refractivity (Wildman–Crippen MR) is 142 cm³/mol. The van der Waals surface area contributed by atoms with Crippen LogP contribution in [-0.2, 0) is 6.42 Å². The van der Waals surface area contributed by atoms with E-state index in [-0.39, 0.29) is 40.7 Å². The molecule has 0 unspecified atom stereocenters. The Morgan fingerprint density at radius 2 is 1.78 bits per heavy atom. The number of hydrogen-bond acceptors (Lipinski definition) is 7. The fraction of sp³-hybridized carbons (Fsp3) is 0.367.